The van der Waals surface area contributed by atoms with Gasteiger partial charge in [0.25, 0.3) is 0 Å². The van der Waals surface area contributed by atoms with Crippen molar-refractivity contribution >= 4 is 12.1 Å². The maximum Gasteiger partial charge on any atom is 0.407 e. The zero-order chi connectivity index (χ0) is 13.7. The van der Waals surface area contributed by atoms with Crippen molar-refractivity contribution in [1.29, 1.82) is 0 Å². The number of rotatable bonds is 4. The fourth-order valence-corrected chi connectivity index (χ4v) is 1.94. The number of esters is 1. The van der Waals surface area contributed by atoms with Crippen LogP contribution in [0.2, 0.25) is 0 Å². The fraction of sp³-hybridized carbons (Fsp3) is 0.429. The first-order chi connectivity index (χ1) is 9.15. The van der Waals surface area contributed by atoms with Crippen LogP contribution in [-0.2, 0) is 20.9 Å². The smallest absolute Gasteiger partial charge is 0.407 e. The summed E-state index contributed by atoms with van der Waals surface area (Å²) in [5, 5.41) is 2.67. The van der Waals surface area contributed by atoms with Gasteiger partial charge in [0.15, 0.2) is 0 Å². The van der Waals surface area contributed by atoms with E-state index in [4.69, 9.17) is 9.47 Å². The van der Waals surface area contributed by atoms with E-state index in [0.717, 1.165) is 5.56 Å². The van der Waals surface area contributed by atoms with E-state index in [-0.39, 0.29) is 24.7 Å². The predicted molar refractivity (Wildman–Crippen MR) is 68.3 cm³/mol. The minimum Gasteiger partial charge on any atom is -0.460 e. The summed E-state index contributed by atoms with van der Waals surface area (Å²) < 4.78 is 10.2. The van der Waals surface area contributed by atoms with E-state index < -0.39 is 6.09 Å². The average Bonchev–Trinajstić information content (AvgIpc) is 2.84. The summed E-state index contributed by atoms with van der Waals surface area (Å²) in [5.74, 6) is -0.212. The Kier molecular flexibility index (Phi) is 4.39. The summed E-state index contributed by atoms with van der Waals surface area (Å²) in [6, 6.07) is 9.20. The van der Waals surface area contributed by atoms with Crippen molar-refractivity contribution in [3.05, 3.63) is 35.9 Å². The number of carbonyl (C=O) groups is 2. The third-order valence-electron chi connectivity index (χ3n) is 3.03. The number of hydrogen-bond acceptors (Lipinski definition) is 4. The van der Waals surface area contributed by atoms with Crippen molar-refractivity contribution in [2.45, 2.75) is 38.5 Å². The Balaban J connectivity index is 1.73. The van der Waals surface area contributed by atoms with E-state index in [1.54, 1.807) is 6.92 Å². The van der Waals surface area contributed by atoms with Gasteiger partial charge in [0.05, 0.1) is 6.04 Å². The van der Waals surface area contributed by atoms with E-state index in [0.29, 0.717) is 12.8 Å². The standard InChI is InChI=1S/C14H17NO4/c1-10(12-7-8-13(16)19-12)15-14(17)18-9-11-5-3-2-4-6-11/h2-6,10,12H,7-9H2,1H3,(H,15,17)/t10-,12-/m0/s1. The molecule has 0 radical (unpaired) electrons. The van der Waals surface area contributed by atoms with Gasteiger partial charge >= 0.3 is 12.1 Å². The lowest BCUT2D eigenvalue weighted by molar-refractivity contribution is -0.142. The highest BCUT2D eigenvalue weighted by Gasteiger charge is 2.29. The minimum atomic E-state index is -0.501. The summed E-state index contributed by atoms with van der Waals surface area (Å²) in [4.78, 5) is 22.6. The van der Waals surface area contributed by atoms with Crippen molar-refractivity contribution in [3.63, 3.8) is 0 Å². The molecule has 5 nitrogen and oxygen atoms in total. The molecule has 1 N–H and O–H groups in total. The van der Waals surface area contributed by atoms with Crippen LogP contribution in [-0.4, -0.2) is 24.2 Å². The molecule has 1 heterocycles. The van der Waals surface area contributed by atoms with Crippen molar-refractivity contribution in [1.82, 2.24) is 5.32 Å². The lowest BCUT2D eigenvalue weighted by atomic mass is 10.1. The highest BCUT2D eigenvalue weighted by atomic mass is 16.6. The summed E-state index contributed by atoms with van der Waals surface area (Å²) in [7, 11) is 0. The molecule has 0 bridgehead atoms. The highest BCUT2D eigenvalue weighted by Crippen LogP contribution is 2.16. The number of alkyl carbamates (subject to hydrolysis) is 1. The summed E-state index contributed by atoms with van der Waals surface area (Å²) >= 11 is 0. The molecule has 1 amide bonds. The molecular formula is C14H17NO4. The Bertz CT molecular complexity index is 446. The van der Waals surface area contributed by atoms with Crippen LogP contribution in [0.15, 0.2) is 30.3 Å². The van der Waals surface area contributed by atoms with Crippen LogP contribution in [0.5, 0.6) is 0 Å². The first-order valence-electron chi connectivity index (χ1n) is 6.32. The second kappa shape index (κ2) is 6.22. The third kappa shape index (κ3) is 3.98. The molecule has 0 spiro atoms. The van der Waals surface area contributed by atoms with Gasteiger partial charge in [-0.1, -0.05) is 30.3 Å². The molecule has 0 saturated carbocycles. The Hall–Kier alpha value is -2.04. The molecule has 0 aromatic heterocycles. The topological polar surface area (TPSA) is 64.6 Å². The number of cyclic esters (lactones) is 1. The molecule has 0 unspecified atom stereocenters. The van der Waals surface area contributed by atoms with Gasteiger partial charge in [-0.2, -0.15) is 0 Å². The van der Waals surface area contributed by atoms with Crippen LogP contribution < -0.4 is 5.32 Å². The lowest BCUT2D eigenvalue weighted by Crippen LogP contribution is -2.41. The number of hydrogen-bond donors (Lipinski definition) is 1. The Labute approximate surface area is 111 Å². The van der Waals surface area contributed by atoms with Gasteiger partial charge in [0.2, 0.25) is 0 Å². The average molecular weight is 263 g/mol. The van der Waals surface area contributed by atoms with Gasteiger partial charge in [0.1, 0.15) is 12.7 Å². The second-order valence-electron chi connectivity index (χ2n) is 4.56. The number of ether oxygens (including phenoxy) is 2. The monoisotopic (exact) mass is 263 g/mol. The molecule has 1 aliphatic rings. The normalized spacial score (nSPS) is 19.6. The molecule has 0 aliphatic carbocycles. The van der Waals surface area contributed by atoms with E-state index in [2.05, 4.69) is 5.32 Å². The number of benzene rings is 1. The largest absolute Gasteiger partial charge is 0.460 e. The van der Waals surface area contributed by atoms with Crippen LogP contribution in [0.3, 0.4) is 0 Å². The Morgan fingerprint density at radius 1 is 1.47 bits per heavy atom. The minimum absolute atomic E-state index is 0.212. The zero-order valence-electron chi connectivity index (χ0n) is 10.8. The van der Waals surface area contributed by atoms with E-state index >= 15 is 0 Å². The number of nitrogens with one attached hydrogen (secondary N) is 1. The molecule has 1 saturated heterocycles. The third-order valence-corrected chi connectivity index (χ3v) is 3.03. The molecule has 1 aromatic rings. The maximum absolute atomic E-state index is 11.6. The molecule has 1 fully saturated rings. The number of amides is 1. The molecule has 2 atom stereocenters. The van der Waals surface area contributed by atoms with Gasteiger partial charge in [0, 0.05) is 6.42 Å². The Morgan fingerprint density at radius 2 is 2.21 bits per heavy atom. The summed E-state index contributed by atoms with van der Waals surface area (Å²) in [6.45, 7) is 2.02. The molecule has 102 valence electrons. The quantitative estimate of drug-likeness (QED) is 0.844. The maximum atomic E-state index is 11.6. The zero-order valence-corrected chi connectivity index (χ0v) is 10.8. The molecular weight excluding hydrogens is 246 g/mol. The van der Waals surface area contributed by atoms with Gasteiger partial charge < -0.3 is 14.8 Å². The molecule has 1 aromatic carbocycles. The van der Waals surface area contributed by atoms with Gasteiger partial charge in [-0.05, 0) is 18.9 Å². The summed E-state index contributed by atoms with van der Waals surface area (Å²) in [6.07, 6.45) is 0.297. The van der Waals surface area contributed by atoms with E-state index in [9.17, 15) is 9.59 Å². The van der Waals surface area contributed by atoms with Crippen LogP contribution in [0, 0.1) is 0 Å². The van der Waals surface area contributed by atoms with Gasteiger partial charge in [-0.25, -0.2) is 4.79 Å². The number of carbonyl (C=O) groups excluding carboxylic acids is 2. The molecule has 2 rings (SSSR count). The van der Waals surface area contributed by atoms with Crippen LogP contribution in [0.1, 0.15) is 25.3 Å². The second-order valence-corrected chi connectivity index (χ2v) is 4.56. The van der Waals surface area contributed by atoms with Gasteiger partial charge in [-0.15, -0.1) is 0 Å². The van der Waals surface area contributed by atoms with Crippen LogP contribution in [0.4, 0.5) is 4.79 Å². The SMILES string of the molecule is C[C@H](NC(=O)OCc1ccccc1)[C@@H]1CCC(=O)O1. The first-order valence-corrected chi connectivity index (χ1v) is 6.32. The molecule has 1 aliphatic heterocycles. The molecule has 5 heteroatoms. The van der Waals surface area contributed by atoms with E-state index in [1.165, 1.54) is 0 Å². The Morgan fingerprint density at radius 3 is 2.84 bits per heavy atom. The molecule has 19 heavy (non-hydrogen) atoms. The van der Waals surface area contributed by atoms with Crippen molar-refractivity contribution in [2.75, 3.05) is 0 Å². The van der Waals surface area contributed by atoms with Crippen molar-refractivity contribution < 1.29 is 19.1 Å². The van der Waals surface area contributed by atoms with Crippen molar-refractivity contribution in [3.8, 4) is 0 Å². The predicted octanol–water partition coefficient (Wildman–Crippen LogP) is 2.01. The fourth-order valence-electron chi connectivity index (χ4n) is 1.94. The van der Waals surface area contributed by atoms with Crippen molar-refractivity contribution in [2.24, 2.45) is 0 Å². The highest BCUT2D eigenvalue weighted by molar-refractivity contribution is 5.72. The van der Waals surface area contributed by atoms with Gasteiger partial charge in [-0.3, -0.25) is 4.79 Å². The summed E-state index contributed by atoms with van der Waals surface area (Å²) in [5.41, 5.74) is 0.928. The first kappa shape index (κ1) is 13.4. The lowest BCUT2D eigenvalue weighted by Gasteiger charge is -2.19. The van der Waals surface area contributed by atoms with Crippen LogP contribution in [0.25, 0.3) is 0 Å². The van der Waals surface area contributed by atoms with Crippen LogP contribution >= 0.6 is 0 Å². The van der Waals surface area contributed by atoms with E-state index in [1.807, 2.05) is 30.3 Å².